The summed E-state index contributed by atoms with van der Waals surface area (Å²) in [7, 11) is -3.20. The minimum atomic E-state index is -3.20. The van der Waals surface area contributed by atoms with Gasteiger partial charge in [-0.25, -0.2) is 8.42 Å². The van der Waals surface area contributed by atoms with Crippen LogP contribution in [-0.2, 0) is 16.4 Å². The fourth-order valence-electron chi connectivity index (χ4n) is 2.42. The molecule has 5 nitrogen and oxygen atoms in total. The smallest absolute Gasteiger partial charge is 0.214 e. The second-order valence-corrected chi connectivity index (χ2v) is 7.36. The summed E-state index contributed by atoms with van der Waals surface area (Å²) < 4.78 is 25.7. The second kappa shape index (κ2) is 5.56. The van der Waals surface area contributed by atoms with Gasteiger partial charge in [-0.2, -0.15) is 4.31 Å². The summed E-state index contributed by atoms with van der Waals surface area (Å²) in [4.78, 5) is 4.14. The zero-order chi connectivity index (χ0) is 13.9. The van der Waals surface area contributed by atoms with Gasteiger partial charge < -0.3 is 5.73 Å². The molecule has 19 heavy (non-hydrogen) atoms. The molecule has 2 rings (SSSR count). The van der Waals surface area contributed by atoms with Crippen molar-refractivity contribution in [1.29, 1.82) is 0 Å². The van der Waals surface area contributed by atoms with Gasteiger partial charge in [0.1, 0.15) is 0 Å². The standard InChI is InChI=1S/C13H21N3O2S/c1-2-7-13(14)10-16(11-13)19(17,18)9-6-12-5-3-4-8-15-12/h3-5,8H,2,6-7,9-11,14H2,1H3. The van der Waals surface area contributed by atoms with Crippen LogP contribution in [0.1, 0.15) is 25.5 Å². The topological polar surface area (TPSA) is 76.3 Å². The van der Waals surface area contributed by atoms with E-state index in [1.54, 1.807) is 6.20 Å². The first kappa shape index (κ1) is 14.4. The average Bonchev–Trinajstić information content (AvgIpc) is 2.35. The molecule has 2 heterocycles. The van der Waals surface area contributed by atoms with Crippen LogP contribution in [-0.4, -0.2) is 42.1 Å². The molecule has 0 saturated carbocycles. The molecule has 0 amide bonds. The summed E-state index contributed by atoms with van der Waals surface area (Å²) in [5.41, 5.74) is 6.58. The van der Waals surface area contributed by atoms with Crippen molar-refractivity contribution < 1.29 is 8.42 Å². The predicted octanol–water partition coefficient (Wildman–Crippen LogP) is 0.767. The Morgan fingerprint density at radius 3 is 2.74 bits per heavy atom. The van der Waals surface area contributed by atoms with Crippen LogP contribution in [0.15, 0.2) is 24.4 Å². The number of aromatic nitrogens is 1. The second-order valence-electron chi connectivity index (χ2n) is 5.27. The molecule has 1 saturated heterocycles. The predicted molar refractivity (Wildman–Crippen MR) is 75.1 cm³/mol. The Morgan fingerprint density at radius 2 is 2.16 bits per heavy atom. The Bertz CT molecular complexity index is 510. The SMILES string of the molecule is CCCC1(N)CN(S(=O)(=O)CCc2ccccn2)C1. The molecule has 0 unspecified atom stereocenters. The summed E-state index contributed by atoms with van der Waals surface area (Å²) >= 11 is 0. The third-order valence-corrected chi connectivity index (χ3v) is 5.23. The maximum atomic E-state index is 12.1. The molecule has 0 aromatic carbocycles. The summed E-state index contributed by atoms with van der Waals surface area (Å²) in [6, 6.07) is 5.53. The van der Waals surface area contributed by atoms with Crippen LogP contribution in [0.5, 0.6) is 0 Å². The largest absolute Gasteiger partial charge is 0.323 e. The number of aryl methyl sites for hydroxylation is 1. The minimum Gasteiger partial charge on any atom is -0.323 e. The Morgan fingerprint density at radius 1 is 1.42 bits per heavy atom. The normalized spacial score (nSPS) is 19.1. The van der Waals surface area contributed by atoms with Gasteiger partial charge in [-0.1, -0.05) is 19.4 Å². The first-order valence-electron chi connectivity index (χ1n) is 6.62. The van der Waals surface area contributed by atoms with Crippen molar-refractivity contribution >= 4 is 10.0 Å². The first-order chi connectivity index (χ1) is 8.95. The van der Waals surface area contributed by atoms with E-state index in [-0.39, 0.29) is 11.3 Å². The zero-order valence-corrected chi connectivity index (χ0v) is 12.1. The third-order valence-electron chi connectivity index (χ3n) is 3.47. The Kier molecular flexibility index (Phi) is 4.23. The zero-order valence-electron chi connectivity index (χ0n) is 11.2. The molecule has 0 spiro atoms. The average molecular weight is 283 g/mol. The van der Waals surface area contributed by atoms with Crippen molar-refractivity contribution in [2.75, 3.05) is 18.8 Å². The Balaban J connectivity index is 1.87. The van der Waals surface area contributed by atoms with E-state index in [0.29, 0.717) is 19.5 Å². The molecule has 1 aliphatic rings. The van der Waals surface area contributed by atoms with Gasteiger partial charge in [-0.05, 0) is 18.6 Å². The third kappa shape index (κ3) is 3.52. The maximum absolute atomic E-state index is 12.1. The van der Waals surface area contributed by atoms with Gasteiger partial charge in [0.25, 0.3) is 0 Å². The van der Waals surface area contributed by atoms with E-state index in [0.717, 1.165) is 18.5 Å². The number of nitrogens with zero attached hydrogens (tertiary/aromatic N) is 2. The maximum Gasteiger partial charge on any atom is 0.214 e. The van der Waals surface area contributed by atoms with Crippen LogP contribution in [0.25, 0.3) is 0 Å². The van der Waals surface area contributed by atoms with E-state index < -0.39 is 10.0 Å². The van der Waals surface area contributed by atoms with Crippen LogP contribution in [0.2, 0.25) is 0 Å². The molecule has 1 aromatic heterocycles. The summed E-state index contributed by atoms with van der Waals surface area (Å²) in [5, 5.41) is 0. The van der Waals surface area contributed by atoms with Crippen molar-refractivity contribution in [3.8, 4) is 0 Å². The molecule has 106 valence electrons. The molecule has 0 atom stereocenters. The Labute approximate surface area is 114 Å². The lowest BCUT2D eigenvalue weighted by atomic mass is 9.89. The molecular formula is C13H21N3O2S. The molecule has 1 aliphatic heterocycles. The number of pyridine rings is 1. The van der Waals surface area contributed by atoms with Crippen LogP contribution in [0.3, 0.4) is 0 Å². The summed E-state index contributed by atoms with van der Waals surface area (Å²) in [5.74, 6) is 0.103. The van der Waals surface area contributed by atoms with Crippen molar-refractivity contribution in [1.82, 2.24) is 9.29 Å². The number of hydrogen-bond donors (Lipinski definition) is 1. The van der Waals surface area contributed by atoms with Gasteiger partial charge in [0.05, 0.1) is 5.75 Å². The number of nitrogens with two attached hydrogens (primary N) is 1. The summed E-state index contributed by atoms with van der Waals surface area (Å²) in [6.07, 6.45) is 3.99. The van der Waals surface area contributed by atoms with E-state index in [1.165, 1.54) is 4.31 Å². The molecule has 0 bridgehead atoms. The fourth-order valence-corrected chi connectivity index (χ4v) is 4.05. The quantitative estimate of drug-likeness (QED) is 0.836. The van der Waals surface area contributed by atoms with Gasteiger partial charge in [0.15, 0.2) is 0 Å². The van der Waals surface area contributed by atoms with Crippen molar-refractivity contribution in [3.05, 3.63) is 30.1 Å². The van der Waals surface area contributed by atoms with Crippen LogP contribution in [0, 0.1) is 0 Å². The molecule has 6 heteroatoms. The van der Waals surface area contributed by atoms with Crippen LogP contribution < -0.4 is 5.73 Å². The molecule has 2 N–H and O–H groups in total. The number of sulfonamides is 1. The fraction of sp³-hybridized carbons (Fsp3) is 0.615. The Hall–Kier alpha value is -0.980. The number of hydrogen-bond acceptors (Lipinski definition) is 4. The highest BCUT2D eigenvalue weighted by Gasteiger charge is 2.44. The van der Waals surface area contributed by atoms with E-state index in [4.69, 9.17) is 5.73 Å². The van der Waals surface area contributed by atoms with E-state index in [1.807, 2.05) is 18.2 Å². The van der Waals surface area contributed by atoms with Gasteiger partial charge in [-0.15, -0.1) is 0 Å². The number of rotatable bonds is 6. The lowest BCUT2D eigenvalue weighted by molar-refractivity contribution is 0.147. The van der Waals surface area contributed by atoms with Crippen molar-refractivity contribution in [2.24, 2.45) is 5.73 Å². The van der Waals surface area contributed by atoms with Crippen molar-refractivity contribution in [2.45, 2.75) is 31.7 Å². The molecule has 1 fully saturated rings. The molecule has 0 radical (unpaired) electrons. The van der Waals surface area contributed by atoms with E-state index >= 15 is 0 Å². The van der Waals surface area contributed by atoms with Gasteiger partial charge in [-0.3, -0.25) is 4.98 Å². The molecular weight excluding hydrogens is 262 g/mol. The van der Waals surface area contributed by atoms with Gasteiger partial charge in [0, 0.05) is 36.9 Å². The van der Waals surface area contributed by atoms with Crippen LogP contribution in [0.4, 0.5) is 0 Å². The highest BCUT2D eigenvalue weighted by Crippen LogP contribution is 2.26. The minimum absolute atomic E-state index is 0.103. The van der Waals surface area contributed by atoms with Gasteiger partial charge in [0.2, 0.25) is 10.0 Å². The highest BCUT2D eigenvalue weighted by molar-refractivity contribution is 7.89. The molecule has 0 aliphatic carbocycles. The summed E-state index contributed by atoms with van der Waals surface area (Å²) in [6.45, 7) is 2.96. The lowest BCUT2D eigenvalue weighted by Gasteiger charge is -2.46. The van der Waals surface area contributed by atoms with E-state index in [9.17, 15) is 8.42 Å². The van der Waals surface area contributed by atoms with Gasteiger partial charge >= 0.3 is 0 Å². The van der Waals surface area contributed by atoms with E-state index in [2.05, 4.69) is 11.9 Å². The first-order valence-corrected chi connectivity index (χ1v) is 8.23. The van der Waals surface area contributed by atoms with Crippen LogP contribution >= 0.6 is 0 Å². The van der Waals surface area contributed by atoms with Crippen molar-refractivity contribution in [3.63, 3.8) is 0 Å². The lowest BCUT2D eigenvalue weighted by Crippen LogP contribution is -2.68. The monoisotopic (exact) mass is 283 g/mol. The molecule has 1 aromatic rings. The highest BCUT2D eigenvalue weighted by atomic mass is 32.2.